The molecule has 2 aromatic heterocycles. The molecule has 0 spiro atoms. The van der Waals surface area contributed by atoms with Gasteiger partial charge in [0.1, 0.15) is 0 Å². The molecule has 0 radical (unpaired) electrons. The number of aromatic nitrogens is 3. The van der Waals surface area contributed by atoms with Gasteiger partial charge >= 0.3 is 0 Å². The molecule has 2 heterocycles. The molecule has 2 aromatic rings. The van der Waals surface area contributed by atoms with Crippen molar-refractivity contribution in [2.75, 3.05) is 19.0 Å². The lowest BCUT2D eigenvalue weighted by Gasteiger charge is -2.13. The van der Waals surface area contributed by atoms with Crippen LogP contribution in [0.25, 0.3) is 0 Å². The molecule has 5 heteroatoms. The first-order chi connectivity index (χ1) is 9.63. The number of nitrogens with zero attached hydrogens (tertiary/aromatic N) is 4. The molecule has 0 aliphatic heterocycles. The standard InChI is InChI=1S/C15H23N5/c1-5-12-7-6-8-17-14(12)11-16-9-13-10-18-15(19(2)3)20(13)4/h6-8,10,16H,5,9,11H2,1-4H3. The summed E-state index contributed by atoms with van der Waals surface area (Å²) >= 11 is 0. The van der Waals surface area contributed by atoms with Gasteiger partial charge in [0, 0.05) is 40.4 Å². The van der Waals surface area contributed by atoms with Gasteiger partial charge in [-0.2, -0.15) is 0 Å². The van der Waals surface area contributed by atoms with Crippen molar-refractivity contribution in [3.63, 3.8) is 0 Å². The van der Waals surface area contributed by atoms with Crippen molar-refractivity contribution < 1.29 is 0 Å². The van der Waals surface area contributed by atoms with Gasteiger partial charge in [0.2, 0.25) is 5.95 Å². The van der Waals surface area contributed by atoms with Gasteiger partial charge in [0.15, 0.2) is 0 Å². The van der Waals surface area contributed by atoms with Gasteiger partial charge in [0.25, 0.3) is 0 Å². The summed E-state index contributed by atoms with van der Waals surface area (Å²) in [6, 6.07) is 4.13. The smallest absolute Gasteiger partial charge is 0.204 e. The van der Waals surface area contributed by atoms with Crippen LogP contribution in [-0.4, -0.2) is 28.6 Å². The number of aryl methyl sites for hydroxylation is 1. The molecule has 0 aliphatic rings. The van der Waals surface area contributed by atoms with E-state index in [9.17, 15) is 0 Å². The molecule has 0 bridgehead atoms. The third kappa shape index (κ3) is 3.17. The average Bonchev–Trinajstić information content (AvgIpc) is 2.81. The van der Waals surface area contributed by atoms with Crippen molar-refractivity contribution in [1.82, 2.24) is 19.9 Å². The number of hydrogen-bond acceptors (Lipinski definition) is 4. The molecule has 0 aromatic carbocycles. The lowest BCUT2D eigenvalue weighted by atomic mass is 10.1. The van der Waals surface area contributed by atoms with Crippen LogP contribution < -0.4 is 10.2 Å². The zero-order valence-electron chi connectivity index (χ0n) is 12.7. The van der Waals surface area contributed by atoms with E-state index in [1.165, 1.54) is 11.3 Å². The number of anilines is 1. The Morgan fingerprint density at radius 1 is 1.25 bits per heavy atom. The molecular weight excluding hydrogens is 250 g/mol. The lowest BCUT2D eigenvalue weighted by Crippen LogP contribution is -2.19. The van der Waals surface area contributed by atoms with Gasteiger partial charge in [-0.3, -0.25) is 4.98 Å². The fourth-order valence-corrected chi connectivity index (χ4v) is 2.27. The van der Waals surface area contributed by atoms with Crippen molar-refractivity contribution >= 4 is 5.95 Å². The summed E-state index contributed by atoms with van der Waals surface area (Å²) in [5, 5.41) is 3.44. The van der Waals surface area contributed by atoms with E-state index in [0.29, 0.717) is 0 Å². The van der Waals surface area contributed by atoms with E-state index in [4.69, 9.17) is 0 Å². The number of hydrogen-bond donors (Lipinski definition) is 1. The molecular formula is C15H23N5. The van der Waals surface area contributed by atoms with Gasteiger partial charge in [-0.05, 0) is 18.1 Å². The molecule has 0 saturated heterocycles. The molecule has 0 saturated carbocycles. The normalized spacial score (nSPS) is 10.8. The van der Waals surface area contributed by atoms with Crippen LogP contribution in [-0.2, 0) is 26.6 Å². The van der Waals surface area contributed by atoms with Gasteiger partial charge in [-0.25, -0.2) is 4.98 Å². The minimum Gasteiger partial charge on any atom is -0.348 e. The number of nitrogens with one attached hydrogen (secondary N) is 1. The molecule has 5 nitrogen and oxygen atoms in total. The Morgan fingerprint density at radius 3 is 2.70 bits per heavy atom. The van der Waals surface area contributed by atoms with E-state index in [1.807, 2.05) is 44.5 Å². The molecule has 0 fully saturated rings. The number of pyridine rings is 1. The third-order valence-electron chi connectivity index (χ3n) is 3.42. The van der Waals surface area contributed by atoms with E-state index in [2.05, 4.69) is 32.8 Å². The molecule has 1 N–H and O–H groups in total. The highest BCUT2D eigenvalue weighted by atomic mass is 15.3. The molecule has 0 atom stereocenters. The quantitative estimate of drug-likeness (QED) is 0.871. The predicted molar refractivity (Wildman–Crippen MR) is 81.7 cm³/mol. The van der Waals surface area contributed by atoms with Crippen molar-refractivity contribution in [3.8, 4) is 0 Å². The van der Waals surface area contributed by atoms with E-state index >= 15 is 0 Å². The average molecular weight is 273 g/mol. The second kappa shape index (κ2) is 6.52. The van der Waals surface area contributed by atoms with E-state index in [-0.39, 0.29) is 0 Å². The third-order valence-corrected chi connectivity index (χ3v) is 3.42. The van der Waals surface area contributed by atoms with Crippen LogP contribution in [0.1, 0.15) is 23.9 Å². The predicted octanol–water partition coefficient (Wildman–Crippen LogP) is 1.73. The highest BCUT2D eigenvalue weighted by Gasteiger charge is 2.08. The SMILES string of the molecule is CCc1cccnc1CNCc1cnc(N(C)C)n1C. The summed E-state index contributed by atoms with van der Waals surface area (Å²) in [6.07, 6.45) is 4.78. The van der Waals surface area contributed by atoms with Crippen LogP contribution in [0, 0.1) is 0 Å². The van der Waals surface area contributed by atoms with Crippen molar-refractivity contribution in [2.24, 2.45) is 7.05 Å². The monoisotopic (exact) mass is 273 g/mol. The number of imidazole rings is 1. The number of rotatable bonds is 6. The van der Waals surface area contributed by atoms with Gasteiger partial charge in [0.05, 0.1) is 17.6 Å². The maximum absolute atomic E-state index is 4.44. The van der Waals surface area contributed by atoms with E-state index in [1.54, 1.807) is 0 Å². The Labute approximate surface area is 120 Å². The Hall–Kier alpha value is -1.88. The van der Waals surface area contributed by atoms with Crippen molar-refractivity contribution in [3.05, 3.63) is 41.5 Å². The first kappa shape index (κ1) is 14.5. The summed E-state index contributed by atoms with van der Waals surface area (Å²) in [4.78, 5) is 10.9. The van der Waals surface area contributed by atoms with Crippen LogP contribution in [0.4, 0.5) is 5.95 Å². The maximum Gasteiger partial charge on any atom is 0.204 e. The van der Waals surface area contributed by atoms with Gasteiger partial charge < -0.3 is 14.8 Å². The van der Waals surface area contributed by atoms with Crippen LogP contribution in [0.5, 0.6) is 0 Å². The molecule has 0 aliphatic carbocycles. The summed E-state index contributed by atoms with van der Waals surface area (Å²) < 4.78 is 2.10. The fraction of sp³-hybridized carbons (Fsp3) is 0.467. The molecule has 108 valence electrons. The summed E-state index contributed by atoms with van der Waals surface area (Å²) in [5.41, 5.74) is 3.60. The second-order valence-corrected chi connectivity index (χ2v) is 5.07. The van der Waals surface area contributed by atoms with E-state index in [0.717, 1.165) is 31.2 Å². The Balaban J connectivity index is 1.96. The van der Waals surface area contributed by atoms with Crippen molar-refractivity contribution in [1.29, 1.82) is 0 Å². The Morgan fingerprint density at radius 2 is 2.05 bits per heavy atom. The van der Waals surface area contributed by atoms with Gasteiger partial charge in [-0.15, -0.1) is 0 Å². The lowest BCUT2D eigenvalue weighted by molar-refractivity contribution is 0.641. The molecule has 0 amide bonds. The fourth-order valence-electron chi connectivity index (χ4n) is 2.27. The Kier molecular flexibility index (Phi) is 4.74. The van der Waals surface area contributed by atoms with Crippen LogP contribution >= 0.6 is 0 Å². The first-order valence-corrected chi connectivity index (χ1v) is 6.94. The van der Waals surface area contributed by atoms with Crippen LogP contribution in [0.2, 0.25) is 0 Å². The highest BCUT2D eigenvalue weighted by molar-refractivity contribution is 5.31. The largest absolute Gasteiger partial charge is 0.348 e. The topological polar surface area (TPSA) is 46.0 Å². The summed E-state index contributed by atoms with van der Waals surface area (Å²) in [5.74, 6) is 0.967. The van der Waals surface area contributed by atoms with E-state index < -0.39 is 0 Å². The van der Waals surface area contributed by atoms with Crippen molar-refractivity contribution in [2.45, 2.75) is 26.4 Å². The summed E-state index contributed by atoms with van der Waals surface area (Å²) in [6.45, 7) is 3.73. The molecule has 0 unspecified atom stereocenters. The highest BCUT2D eigenvalue weighted by Crippen LogP contribution is 2.11. The minimum atomic E-state index is 0.784. The second-order valence-electron chi connectivity index (χ2n) is 5.07. The molecule has 20 heavy (non-hydrogen) atoms. The zero-order chi connectivity index (χ0) is 14.5. The first-order valence-electron chi connectivity index (χ1n) is 6.94. The van der Waals surface area contributed by atoms with Crippen LogP contribution in [0.3, 0.4) is 0 Å². The zero-order valence-corrected chi connectivity index (χ0v) is 12.7. The molecule has 2 rings (SSSR count). The van der Waals surface area contributed by atoms with Crippen LogP contribution in [0.15, 0.2) is 24.5 Å². The summed E-state index contributed by atoms with van der Waals surface area (Å²) in [7, 11) is 6.04. The Bertz CT molecular complexity index is 559. The maximum atomic E-state index is 4.44. The van der Waals surface area contributed by atoms with Gasteiger partial charge in [-0.1, -0.05) is 13.0 Å². The minimum absolute atomic E-state index is 0.784.